The Kier molecular flexibility index (Phi) is 5.17. The summed E-state index contributed by atoms with van der Waals surface area (Å²) in [7, 11) is 0. The molecule has 2 heterocycles. The van der Waals surface area contributed by atoms with Crippen LogP contribution in [0.3, 0.4) is 0 Å². The van der Waals surface area contributed by atoms with E-state index in [1.807, 2.05) is 17.9 Å². The number of anilines is 2. The number of nitrogens with one attached hydrogen (secondary N) is 1. The fourth-order valence-electron chi connectivity index (χ4n) is 2.62. The number of ether oxygens (including phenoxy) is 1. The smallest absolute Gasteiger partial charge is 0.292 e. The Morgan fingerprint density at radius 3 is 2.83 bits per heavy atom. The molecule has 0 saturated carbocycles. The Hall–Kier alpha value is -1.90. The van der Waals surface area contributed by atoms with Crippen LogP contribution in [-0.4, -0.2) is 36.2 Å². The molecule has 9 heteroatoms. The highest BCUT2D eigenvalue weighted by Crippen LogP contribution is 2.34. The van der Waals surface area contributed by atoms with Gasteiger partial charge in [0.2, 0.25) is 0 Å². The molecule has 7 nitrogen and oxygen atoms in total. The zero-order valence-corrected chi connectivity index (χ0v) is 14.7. The topological polar surface area (TPSA) is 80.5 Å². The molecule has 0 spiro atoms. The minimum atomic E-state index is -0.329. The number of benzene rings is 1. The van der Waals surface area contributed by atoms with E-state index in [9.17, 15) is 10.1 Å². The van der Waals surface area contributed by atoms with Crippen molar-refractivity contribution < 1.29 is 9.66 Å². The number of morpholine rings is 1. The van der Waals surface area contributed by atoms with Gasteiger partial charge in [-0.2, -0.15) is 0 Å². The van der Waals surface area contributed by atoms with Gasteiger partial charge in [0, 0.05) is 35.9 Å². The van der Waals surface area contributed by atoms with Crippen LogP contribution in [0.4, 0.5) is 17.1 Å². The Balaban J connectivity index is 1.87. The van der Waals surface area contributed by atoms with Crippen LogP contribution in [0.2, 0.25) is 4.47 Å². The number of nitro benzene ring substituents is 1. The van der Waals surface area contributed by atoms with E-state index in [2.05, 4.69) is 10.3 Å². The summed E-state index contributed by atoms with van der Waals surface area (Å²) in [6.45, 7) is 4.88. The summed E-state index contributed by atoms with van der Waals surface area (Å²) in [6, 6.07) is 3.47. The molecular weight excluding hydrogens is 352 g/mol. The molecule has 1 saturated heterocycles. The normalized spacial score (nSPS) is 14.7. The third kappa shape index (κ3) is 3.77. The maximum Gasteiger partial charge on any atom is 0.292 e. The molecule has 1 N–H and O–H groups in total. The highest BCUT2D eigenvalue weighted by atomic mass is 35.5. The summed E-state index contributed by atoms with van der Waals surface area (Å²) in [5.41, 5.74) is 2.44. The molecule has 0 bridgehead atoms. The van der Waals surface area contributed by atoms with Crippen molar-refractivity contribution >= 4 is 40.0 Å². The van der Waals surface area contributed by atoms with Gasteiger partial charge >= 0.3 is 0 Å². The summed E-state index contributed by atoms with van der Waals surface area (Å²) < 4.78 is 5.84. The average Bonchev–Trinajstić information content (AvgIpc) is 2.99. The van der Waals surface area contributed by atoms with Gasteiger partial charge < -0.3 is 15.0 Å². The van der Waals surface area contributed by atoms with Crippen LogP contribution in [0.1, 0.15) is 10.4 Å². The Morgan fingerprint density at radius 1 is 1.46 bits per heavy atom. The molecule has 1 aliphatic rings. The molecule has 1 aromatic heterocycles. The third-order valence-electron chi connectivity index (χ3n) is 3.85. The van der Waals surface area contributed by atoms with Crippen LogP contribution in [0.5, 0.6) is 0 Å². The van der Waals surface area contributed by atoms with Crippen molar-refractivity contribution in [3.63, 3.8) is 0 Å². The molecule has 3 rings (SSSR count). The predicted octanol–water partition coefficient (Wildman–Crippen LogP) is 3.46. The molecule has 2 aromatic rings. The molecule has 0 radical (unpaired) electrons. The predicted molar refractivity (Wildman–Crippen MR) is 95.3 cm³/mol. The van der Waals surface area contributed by atoms with Gasteiger partial charge in [-0.05, 0) is 18.6 Å². The van der Waals surface area contributed by atoms with Gasteiger partial charge in [0.1, 0.15) is 5.69 Å². The Morgan fingerprint density at radius 2 is 2.21 bits per heavy atom. The molecule has 1 aromatic carbocycles. The number of halogens is 1. The van der Waals surface area contributed by atoms with Gasteiger partial charge in [0.05, 0.1) is 24.7 Å². The largest absolute Gasteiger partial charge is 0.380 e. The van der Waals surface area contributed by atoms with E-state index in [1.54, 1.807) is 12.3 Å². The fraction of sp³-hybridized carbons (Fsp3) is 0.400. The molecule has 0 amide bonds. The molecule has 0 aliphatic carbocycles. The van der Waals surface area contributed by atoms with Gasteiger partial charge in [0.25, 0.3) is 5.69 Å². The lowest BCUT2D eigenvalue weighted by molar-refractivity contribution is -0.384. The van der Waals surface area contributed by atoms with Gasteiger partial charge in [-0.1, -0.05) is 11.6 Å². The van der Waals surface area contributed by atoms with Gasteiger partial charge in [-0.25, -0.2) is 4.98 Å². The lowest BCUT2D eigenvalue weighted by Gasteiger charge is -2.29. The molecule has 1 aliphatic heterocycles. The second kappa shape index (κ2) is 7.33. The second-order valence-corrected chi connectivity index (χ2v) is 7.14. The summed E-state index contributed by atoms with van der Waals surface area (Å²) in [4.78, 5) is 18.1. The number of thiazole rings is 1. The van der Waals surface area contributed by atoms with Crippen molar-refractivity contribution in [3.8, 4) is 0 Å². The number of aromatic nitrogens is 1. The Labute approximate surface area is 148 Å². The van der Waals surface area contributed by atoms with E-state index >= 15 is 0 Å². The molecule has 128 valence electrons. The molecule has 0 atom stereocenters. The Bertz CT molecular complexity index is 746. The van der Waals surface area contributed by atoms with Crippen LogP contribution >= 0.6 is 22.9 Å². The van der Waals surface area contributed by atoms with Crippen molar-refractivity contribution in [2.45, 2.75) is 13.5 Å². The first-order valence-electron chi connectivity index (χ1n) is 7.50. The highest BCUT2D eigenvalue weighted by molar-refractivity contribution is 7.15. The zero-order chi connectivity index (χ0) is 17.1. The van der Waals surface area contributed by atoms with Crippen molar-refractivity contribution in [1.82, 2.24) is 4.98 Å². The number of nitrogens with zero attached hydrogens (tertiary/aromatic N) is 3. The summed E-state index contributed by atoms with van der Waals surface area (Å²) >= 11 is 7.25. The lowest BCUT2D eigenvalue weighted by Crippen LogP contribution is -2.36. The van der Waals surface area contributed by atoms with Crippen LogP contribution in [0, 0.1) is 17.0 Å². The number of rotatable bonds is 5. The van der Waals surface area contributed by atoms with Crippen molar-refractivity contribution in [3.05, 3.63) is 43.4 Å². The first kappa shape index (κ1) is 16.9. The highest BCUT2D eigenvalue weighted by Gasteiger charge is 2.23. The van der Waals surface area contributed by atoms with Gasteiger partial charge in [-0.15, -0.1) is 11.3 Å². The first-order valence-corrected chi connectivity index (χ1v) is 8.70. The SMILES string of the molecule is Cc1cc([N+](=O)[O-])c(N2CCOCC2)cc1NCc1cnc(Cl)s1. The number of aryl methyl sites for hydroxylation is 1. The van der Waals surface area contributed by atoms with Gasteiger partial charge in [0.15, 0.2) is 4.47 Å². The molecule has 1 fully saturated rings. The van der Waals surface area contributed by atoms with E-state index in [0.717, 1.165) is 16.1 Å². The fourth-order valence-corrected chi connectivity index (χ4v) is 3.54. The minimum Gasteiger partial charge on any atom is -0.380 e. The van der Waals surface area contributed by atoms with Crippen molar-refractivity contribution in [1.29, 1.82) is 0 Å². The molecule has 24 heavy (non-hydrogen) atoms. The minimum absolute atomic E-state index is 0.126. The van der Waals surface area contributed by atoms with E-state index in [1.165, 1.54) is 11.3 Å². The first-order chi connectivity index (χ1) is 11.5. The third-order valence-corrected chi connectivity index (χ3v) is 4.96. The van der Waals surface area contributed by atoms with Crippen LogP contribution in [-0.2, 0) is 11.3 Å². The van der Waals surface area contributed by atoms with E-state index < -0.39 is 0 Å². The monoisotopic (exact) mass is 368 g/mol. The quantitative estimate of drug-likeness (QED) is 0.643. The second-order valence-electron chi connectivity index (χ2n) is 5.45. The van der Waals surface area contributed by atoms with Crippen LogP contribution < -0.4 is 10.2 Å². The molecular formula is C15H17ClN4O3S. The van der Waals surface area contributed by atoms with Crippen molar-refractivity contribution in [2.24, 2.45) is 0 Å². The van der Waals surface area contributed by atoms with E-state index in [4.69, 9.17) is 16.3 Å². The van der Waals surface area contributed by atoms with Crippen LogP contribution in [0.15, 0.2) is 18.3 Å². The number of hydrogen-bond acceptors (Lipinski definition) is 7. The molecule has 0 unspecified atom stereocenters. The average molecular weight is 369 g/mol. The standard InChI is InChI=1S/C15H17ClN4O3S/c1-10-6-14(20(21)22)13(19-2-4-23-5-3-19)7-12(10)17-8-11-9-18-15(16)24-11/h6-7,9,17H,2-5,8H2,1H3. The summed E-state index contributed by atoms with van der Waals surface area (Å²) in [5, 5.41) is 14.7. The number of nitro groups is 1. The van der Waals surface area contributed by atoms with Crippen LogP contribution in [0.25, 0.3) is 0 Å². The van der Waals surface area contributed by atoms with E-state index in [0.29, 0.717) is 43.0 Å². The maximum absolute atomic E-state index is 11.4. The van der Waals surface area contributed by atoms with Gasteiger partial charge in [-0.3, -0.25) is 10.1 Å². The lowest BCUT2D eigenvalue weighted by atomic mass is 10.1. The number of hydrogen-bond donors (Lipinski definition) is 1. The van der Waals surface area contributed by atoms with E-state index in [-0.39, 0.29) is 10.6 Å². The zero-order valence-electron chi connectivity index (χ0n) is 13.1. The summed E-state index contributed by atoms with van der Waals surface area (Å²) in [6.07, 6.45) is 1.73. The van der Waals surface area contributed by atoms with Crippen molar-refractivity contribution in [2.75, 3.05) is 36.5 Å². The summed E-state index contributed by atoms with van der Waals surface area (Å²) in [5.74, 6) is 0. The maximum atomic E-state index is 11.4.